The van der Waals surface area contributed by atoms with Crippen molar-refractivity contribution in [3.05, 3.63) is 24.4 Å². The molecular weight excluding hydrogens is 184 g/mol. The maximum Gasteiger partial charge on any atom is 0.399 e. The quantitative estimate of drug-likeness (QED) is 0.776. The summed E-state index contributed by atoms with van der Waals surface area (Å²) in [4.78, 5) is 3.98. The van der Waals surface area contributed by atoms with Crippen molar-refractivity contribution in [1.82, 2.24) is 14.8 Å². The number of aryl methyl sites for hydroxylation is 1. The number of nitrogens with zero attached hydrogens (tertiary/aromatic N) is 3. The minimum Gasteiger partial charge on any atom is -0.417 e. The highest BCUT2D eigenvalue weighted by atomic mass is 16.6. The first-order valence-corrected chi connectivity index (χ1v) is 4.09. The number of oxazole rings is 1. The van der Waals surface area contributed by atoms with Crippen LogP contribution in [0.15, 0.2) is 23.1 Å². The lowest BCUT2D eigenvalue weighted by Crippen LogP contribution is -1.95. The first kappa shape index (κ1) is 8.76. The topological polar surface area (TPSA) is 79.1 Å². The Morgan fingerprint density at radius 1 is 1.64 bits per heavy atom. The van der Waals surface area contributed by atoms with Gasteiger partial charge in [-0.1, -0.05) is 0 Å². The van der Waals surface area contributed by atoms with Crippen LogP contribution >= 0.6 is 0 Å². The number of aromatic nitrogens is 3. The third kappa shape index (κ3) is 1.74. The summed E-state index contributed by atoms with van der Waals surface area (Å²) in [6.07, 6.45) is 4.93. The molecule has 14 heavy (non-hydrogen) atoms. The predicted octanol–water partition coefficient (Wildman–Crippen LogP) is 0.659. The first-order valence-electron chi connectivity index (χ1n) is 4.09. The lowest BCUT2D eigenvalue weighted by atomic mass is 10.5. The van der Waals surface area contributed by atoms with E-state index in [0.29, 0.717) is 18.0 Å². The molecule has 2 aromatic heterocycles. The predicted molar refractivity (Wildman–Crippen MR) is 47.7 cm³/mol. The highest BCUT2D eigenvalue weighted by Gasteiger charge is 2.05. The molecule has 6 nitrogen and oxygen atoms in total. The van der Waals surface area contributed by atoms with Crippen molar-refractivity contribution in [3.8, 4) is 11.8 Å². The van der Waals surface area contributed by atoms with E-state index in [2.05, 4.69) is 10.1 Å². The van der Waals surface area contributed by atoms with Gasteiger partial charge < -0.3 is 14.9 Å². The summed E-state index contributed by atoms with van der Waals surface area (Å²) < 4.78 is 11.9. The highest BCUT2D eigenvalue weighted by molar-refractivity contribution is 5.16. The van der Waals surface area contributed by atoms with Crippen LogP contribution in [0.2, 0.25) is 0 Å². The zero-order valence-electron chi connectivity index (χ0n) is 7.67. The van der Waals surface area contributed by atoms with Gasteiger partial charge in [0.15, 0.2) is 5.75 Å². The van der Waals surface area contributed by atoms with Crippen molar-refractivity contribution in [2.45, 2.75) is 6.54 Å². The highest BCUT2D eigenvalue weighted by Crippen LogP contribution is 2.18. The number of ether oxygens (including phenoxy) is 1. The maximum atomic E-state index is 5.37. The van der Waals surface area contributed by atoms with E-state index in [9.17, 15) is 0 Å². The van der Waals surface area contributed by atoms with Crippen LogP contribution in [0.3, 0.4) is 0 Å². The van der Waals surface area contributed by atoms with Crippen LogP contribution in [0.1, 0.15) is 5.69 Å². The standard InChI is InChI=1S/C8H10N4O2/c1-12-4-7(3-10-12)14-8-11-6(2-9)5-13-8/h3-5H,2,9H2,1H3. The first-order chi connectivity index (χ1) is 6.78. The van der Waals surface area contributed by atoms with Gasteiger partial charge in [-0.3, -0.25) is 4.68 Å². The van der Waals surface area contributed by atoms with Gasteiger partial charge in [0.2, 0.25) is 0 Å². The molecule has 2 N–H and O–H groups in total. The van der Waals surface area contributed by atoms with Gasteiger partial charge in [-0.05, 0) is 0 Å². The van der Waals surface area contributed by atoms with Gasteiger partial charge in [-0.2, -0.15) is 10.1 Å². The van der Waals surface area contributed by atoms with E-state index < -0.39 is 0 Å². The van der Waals surface area contributed by atoms with Crippen LogP contribution in [0.25, 0.3) is 0 Å². The Bertz CT molecular complexity index is 420. The molecule has 0 fully saturated rings. The molecular formula is C8H10N4O2. The molecule has 0 aliphatic rings. The molecule has 0 unspecified atom stereocenters. The molecule has 0 aliphatic heterocycles. The minimum atomic E-state index is 0.179. The number of hydrogen-bond donors (Lipinski definition) is 1. The van der Waals surface area contributed by atoms with Gasteiger partial charge in [-0.25, -0.2) is 0 Å². The Morgan fingerprint density at radius 2 is 2.50 bits per heavy atom. The lowest BCUT2D eigenvalue weighted by Gasteiger charge is -1.93. The summed E-state index contributed by atoms with van der Waals surface area (Å²) in [5.41, 5.74) is 6.02. The molecule has 0 bridgehead atoms. The van der Waals surface area contributed by atoms with Gasteiger partial charge >= 0.3 is 6.08 Å². The van der Waals surface area contributed by atoms with E-state index in [4.69, 9.17) is 14.9 Å². The zero-order chi connectivity index (χ0) is 9.97. The Balaban J connectivity index is 2.10. The maximum absolute atomic E-state index is 5.37. The average Bonchev–Trinajstić information content (AvgIpc) is 2.76. The molecule has 0 radical (unpaired) electrons. The SMILES string of the molecule is Cn1cc(Oc2nc(CN)co2)cn1. The summed E-state index contributed by atoms with van der Waals surface area (Å²) in [6.45, 7) is 0.333. The second-order valence-corrected chi connectivity index (χ2v) is 2.76. The molecule has 2 heterocycles. The van der Waals surface area contributed by atoms with Crippen molar-refractivity contribution in [1.29, 1.82) is 0 Å². The smallest absolute Gasteiger partial charge is 0.399 e. The van der Waals surface area contributed by atoms with Crippen LogP contribution in [0, 0.1) is 0 Å². The van der Waals surface area contributed by atoms with Crippen molar-refractivity contribution in [3.63, 3.8) is 0 Å². The van der Waals surface area contributed by atoms with Gasteiger partial charge in [-0.15, -0.1) is 0 Å². The van der Waals surface area contributed by atoms with E-state index in [1.807, 2.05) is 0 Å². The van der Waals surface area contributed by atoms with Crippen molar-refractivity contribution in [2.75, 3.05) is 0 Å². The molecule has 0 aliphatic carbocycles. The fourth-order valence-electron chi connectivity index (χ4n) is 0.981. The van der Waals surface area contributed by atoms with Gasteiger partial charge in [0.1, 0.15) is 6.26 Å². The van der Waals surface area contributed by atoms with E-state index in [0.717, 1.165) is 0 Å². The van der Waals surface area contributed by atoms with Gasteiger partial charge in [0, 0.05) is 13.6 Å². The summed E-state index contributed by atoms with van der Waals surface area (Å²) in [6, 6.07) is 0. The largest absolute Gasteiger partial charge is 0.417 e. The Morgan fingerprint density at radius 3 is 3.07 bits per heavy atom. The monoisotopic (exact) mass is 194 g/mol. The van der Waals surface area contributed by atoms with Crippen LogP contribution in [0.4, 0.5) is 0 Å². The molecule has 2 aromatic rings. The van der Waals surface area contributed by atoms with Crippen LogP contribution in [-0.4, -0.2) is 14.8 Å². The summed E-state index contributed by atoms with van der Waals surface area (Å²) in [5.74, 6) is 0.581. The molecule has 74 valence electrons. The summed E-state index contributed by atoms with van der Waals surface area (Å²) >= 11 is 0. The number of nitrogens with two attached hydrogens (primary N) is 1. The molecule has 0 spiro atoms. The molecule has 0 aromatic carbocycles. The Labute approximate surface area is 80.3 Å². The minimum absolute atomic E-state index is 0.179. The van der Waals surface area contributed by atoms with Crippen LogP contribution in [-0.2, 0) is 13.6 Å². The Kier molecular flexibility index (Phi) is 2.19. The van der Waals surface area contributed by atoms with Crippen molar-refractivity contribution >= 4 is 0 Å². The third-order valence-electron chi connectivity index (χ3n) is 1.63. The fraction of sp³-hybridized carbons (Fsp3) is 0.250. The van der Waals surface area contributed by atoms with Crippen molar-refractivity contribution < 1.29 is 9.15 Å². The van der Waals surface area contributed by atoms with Crippen LogP contribution < -0.4 is 10.5 Å². The summed E-state index contributed by atoms with van der Waals surface area (Å²) in [5, 5.41) is 3.94. The van der Waals surface area contributed by atoms with E-state index in [-0.39, 0.29) is 6.08 Å². The molecule has 6 heteroatoms. The third-order valence-corrected chi connectivity index (χ3v) is 1.63. The molecule has 0 saturated carbocycles. The lowest BCUT2D eigenvalue weighted by molar-refractivity contribution is 0.330. The number of hydrogen-bond acceptors (Lipinski definition) is 5. The molecule has 0 saturated heterocycles. The van der Waals surface area contributed by atoms with Crippen LogP contribution in [0.5, 0.6) is 11.8 Å². The number of rotatable bonds is 3. The fourth-order valence-corrected chi connectivity index (χ4v) is 0.981. The Hall–Kier alpha value is -1.82. The average molecular weight is 194 g/mol. The van der Waals surface area contributed by atoms with Crippen molar-refractivity contribution in [2.24, 2.45) is 12.8 Å². The van der Waals surface area contributed by atoms with E-state index in [1.165, 1.54) is 6.26 Å². The molecule has 2 rings (SSSR count). The molecule has 0 amide bonds. The zero-order valence-corrected chi connectivity index (χ0v) is 7.67. The molecule has 0 atom stereocenters. The summed E-state index contributed by atoms with van der Waals surface area (Å²) in [7, 11) is 1.80. The second kappa shape index (κ2) is 3.51. The van der Waals surface area contributed by atoms with E-state index >= 15 is 0 Å². The van der Waals surface area contributed by atoms with Gasteiger partial charge in [0.05, 0.1) is 18.1 Å². The van der Waals surface area contributed by atoms with E-state index in [1.54, 1.807) is 24.1 Å². The van der Waals surface area contributed by atoms with Gasteiger partial charge in [0.25, 0.3) is 0 Å². The normalized spacial score (nSPS) is 10.4. The second-order valence-electron chi connectivity index (χ2n) is 2.76.